The van der Waals surface area contributed by atoms with Crippen molar-refractivity contribution in [1.82, 2.24) is 5.32 Å². The van der Waals surface area contributed by atoms with E-state index in [9.17, 15) is 4.79 Å². The van der Waals surface area contributed by atoms with E-state index in [1.807, 2.05) is 48.5 Å². The largest absolute Gasteiger partial charge is 0.445 e. The lowest BCUT2D eigenvalue weighted by atomic mass is 10.0. The summed E-state index contributed by atoms with van der Waals surface area (Å²) in [5.74, 6) is 0.00541. The monoisotopic (exact) mass is 343 g/mol. The smallest absolute Gasteiger partial charge is 0.414 e. The number of aliphatic imine (C=N–C) groups is 1. The second kappa shape index (κ2) is 8.74. The van der Waals surface area contributed by atoms with Crippen LogP contribution in [0.3, 0.4) is 0 Å². The van der Waals surface area contributed by atoms with E-state index in [1.165, 1.54) is 6.08 Å². The van der Waals surface area contributed by atoms with Gasteiger partial charge in [-0.2, -0.15) is 0 Å². The van der Waals surface area contributed by atoms with Crippen LogP contribution < -0.4 is 11.1 Å². The molecule has 2 rings (SSSR count). The number of guanidine groups is 1. The molecule has 6 heteroatoms. The van der Waals surface area contributed by atoms with Gasteiger partial charge in [0.2, 0.25) is 0 Å². The number of halogens is 1. The van der Waals surface area contributed by atoms with Crippen LogP contribution in [0.5, 0.6) is 0 Å². The van der Waals surface area contributed by atoms with Gasteiger partial charge in [-0.15, -0.1) is 0 Å². The molecule has 0 unspecified atom stereocenters. The number of hydrogen-bond donors (Lipinski definition) is 2. The summed E-state index contributed by atoms with van der Waals surface area (Å²) in [6.07, 6.45) is 0.809. The van der Waals surface area contributed by atoms with E-state index in [0.717, 1.165) is 16.7 Å². The zero-order valence-electron chi connectivity index (χ0n) is 13.0. The molecule has 0 fully saturated rings. The lowest BCUT2D eigenvalue weighted by Gasteiger charge is -2.05. The fraction of sp³-hybridized carbons (Fsp3) is 0.111. The molecule has 24 heavy (non-hydrogen) atoms. The molecule has 0 saturated carbocycles. The van der Waals surface area contributed by atoms with Crippen LogP contribution >= 0.6 is 11.6 Å². The van der Waals surface area contributed by atoms with Crippen molar-refractivity contribution in [2.75, 3.05) is 6.61 Å². The number of benzene rings is 2. The molecule has 0 aliphatic rings. The van der Waals surface area contributed by atoms with Crippen molar-refractivity contribution in [3.63, 3.8) is 0 Å². The van der Waals surface area contributed by atoms with Crippen LogP contribution in [-0.2, 0) is 11.3 Å². The van der Waals surface area contributed by atoms with Crippen molar-refractivity contribution >= 4 is 23.7 Å². The van der Waals surface area contributed by atoms with E-state index in [1.54, 1.807) is 0 Å². The molecule has 0 bridgehead atoms. The Morgan fingerprint density at radius 1 is 1.17 bits per heavy atom. The zero-order valence-corrected chi connectivity index (χ0v) is 13.8. The first-order valence-electron chi connectivity index (χ1n) is 7.28. The van der Waals surface area contributed by atoms with E-state index in [-0.39, 0.29) is 12.6 Å². The quantitative estimate of drug-likeness (QED) is 0.493. The van der Waals surface area contributed by atoms with Gasteiger partial charge in [0.1, 0.15) is 6.61 Å². The lowest BCUT2D eigenvalue weighted by molar-refractivity contribution is 0.164. The molecule has 0 aromatic heterocycles. The van der Waals surface area contributed by atoms with Gasteiger partial charge < -0.3 is 10.5 Å². The molecule has 5 nitrogen and oxygen atoms in total. The van der Waals surface area contributed by atoms with E-state index in [0.29, 0.717) is 11.6 Å². The first-order chi connectivity index (χ1) is 11.6. The highest BCUT2D eigenvalue weighted by Crippen LogP contribution is 2.22. The van der Waals surface area contributed by atoms with E-state index in [2.05, 4.69) is 16.9 Å². The maximum atomic E-state index is 11.3. The third kappa shape index (κ3) is 5.44. The molecule has 0 saturated heterocycles. The number of hydrogen-bond acceptors (Lipinski definition) is 3. The Morgan fingerprint density at radius 3 is 2.33 bits per heavy atom. The summed E-state index contributed by atoms with van der Waals surface area (Å²) < 4.78 is 4.75. The standard InChI is InChI=1S/C18H18ClN3O2/c1-2-11-24-18(23)22-17(20)21-12-13-3-5-14(6-4-13)15-7-9-16(19)10-8-15/h2-10H,1,11-12H2,(H3,20,21,22,23). The van der Waals surface area contributed by atoms with Crippen LogP contribution in [0, 0.1) is 0 Å². The van der Waals surface area contributed by atoms with Crippen molar-refractivity contribution in [3.8, 4) is 11.1 Å². The SMILES string of the molecule is C=CCOC(=O)NC(N)=NCc1ccc(-c2ccc(Cl)cc2)cc1. The van der Waals surface area contributed by atoms with Gasteiger partial charge in [-0.05, 0) is 28.8 Å². The predicted molar refractivity (Wildman–Crippen MR) is 96.9 cm³/mol. The van der Waals surface area contributed by atoms with Crippen molar-refractivity contribution < 1.29 is 9.53 Å². The van der Waals surface area contributed by atoms with Crippen molar-refractivity contribution in [1.29, 1.82) is 0 Å². The summed E-state index contributed by atoms with van der Waals surface area (Å²) in [7, 11) is 0. The minimum absolute atomic E-state index is 0.00541. The number of nitrogens with zero attached hydrogens (tertiary/aromatic N) is 1. The highest BCUT2D eigenvalue weighted by atomic mass is 35.5. The van der Waals surface area contributed by atoms with Crippen LogP contribution in [0.25, 0.3) is 11.1 Å². The van der Waals surface area contributed by atoms with E-state index < -0.39 is 6.09 Å². The summed E-state index contributed by atoms with van der Waals surface area (Å²) in [5.41, 5.74) is 8.76. The Bertz CT molecular complexity index is 725. The normalized spacial score (nSPS) is 11.0. The molecule has 0 aliphatic heterocycles. The van der Waals surface area contributed by atoms with Gasteiger partial charge in [-0.25, -0.2) is 9.79 Å². The fourth-order valence-electron chi connectivity index (χ4n) is 1.94. The van der Waals surface area contributed by atoms with Crippen molar-refractivity contribution in [2.45, 2.75) is 6.54 Å². The molecular weight excluding hydrogens is 326 g/mol. The molecule has 0 heterocycles. The number of alkyl carbamates (subject to hydrolysis) is 1. The average molecular weight is 344 g/mol. The van der Waals surface area contributed by atoms with Gasteiger partial charge >= 0.3 is 6.09 Å². The topological polar surface area (TPSA) is 76.7 Å². The van der Waals surface area contributed by atoms with E-state index >= 15 is 0 Å². The molecule has 2 aromatic rings. The van der Waals surface area contributed by atoms with Gasteiger partial charge in [0.25, 0.3) is 0 Å². The van der Waals surface area contributed by atoms with Gasteiger partial charge in [0.05, 0.1) is 6.54 Å². The Kier molecular flexibility index (Phi) is 6.40. The Balaban J connectivity index is 1.93. The number of rotatable bonds is 5. The number of carbonyl (C=O) groups excluding carboxylic acids is 1. The summed E-state index contributed by atoms with van der Waals surface area (Å²) in [5, 5.41) is 3.04. The number of ether oxygens (including phenoxy) is 1. The van der Waals surface area contributed by atoms with Gasteiger partial charge in [-0.1, -0.05) is 60.7 Å². The highest BCUT2D eigenvalue weighted by molar-refractivity contribution is 6.30. The second-order valence-corrected chi connectivity index (χ2v) is 5.35. The number of amides is 1. The van der Waals surface area contributed by atoms with Gasteiger partial charge in [0, 0.05) is 5.02 Å². The van der Waals surface area contributed by atoms with Crippen molar-refractivity contribution in [2.24, 2.45) is 10.7 Å². The Morgan fingerprint density at radius 2 is 1.75 bits per heavy atom. The predicted octanol–water partition coefficient (Wildman–Crippen LogP) is 3.73. The molecule has 0 aliphatic carbocycles. The summed E-state index contributed by atoms with van der Waals surface area (Å²) in [4.78, 5) is 15.4. The highest BCUT2D eigenvalue weighted by Gasteiger charge is 2.03. The lowest BCUT2D eigenvalue weighted by Crippen LogP contribution is -2.37. The van der Waals surface area contributed by atoms with Gasteiger partial charge in [-0.3, -0.25) is 5.32 Å². The minimum atomic E-state index is -0.658. The summed E-state index contributed by atoms with van der Waals surface area (Å²) >= 11 is 5.89. The van der Waals surface area contributed by atoms with Crippen LogP contribution in [-0.4, -0.2) is 18.7 Å². The minimum Gasteiger partial charge on any atom is -0.445 e. The van der Waals surface area contributed by atoms with Crippen LogP contribution in [0.15, 0.2) is 66.2 Å². The second-order valence-electron chi connectivity index (χ2n) is 4.92. The Hall–Kier alpha value is -2.79. The molecule has 3 N–H and O–H groups in total. The van der Waals surface area contributed by atoms with Crippen LogP contribution in [0.4, 0.5) is 4.79 Å². The maximum absolute atomic E-state index is 11.3. The molecule has 1 amide bonds. The fourth-order valence-corrected chi connectivity index (χ4v) is 2.06. The van der Waals surface area contributed by atoms with Crippen LogP contribution in [0.2, 0.25) is 5.02 Å². The number of nitrogens with one attached hydrogen (secondary N) is 1. The molecule has 2 aromatic carbocycles. The molecule has 0 radical (unpaired) electrons. The van der Waals surface area contributed by atoms with Crippen LogP contribution in [0.1, 0.15) is 5.56 Å². The molecular formula is C18H18ClN3O2. The van der Waals surface area contributed by atoms with Gasteiger partial charge in [0.15, 0.2) is 5.96 Å². The summed E-state index contributed by atoms with van der Waals surface area (Å²) in [6.45, 7) is 3.92. The zero-order chi connectivity index (χ0) is 17.4. The van der Waals surface area contributed by atoms with Crippen molar-refractivity contribution in [3.05, 3.63) is 71.8 Å². The first-order valence-corrected chi connectivity index (χ1v) is 7.66. The molecule has 0 spiro atoms. The maximum Gasteiger partial charge on any atom is 0.414 e. The molecule has 124 valence electrons. The average Bonchev–Trinajstić information content (AvgIpc) is 2.59. The Labute approximate surface area is 145 Å². The van der Waals surface area contributed by atoms with E-state index in [4.69, 9.17) is 22.1 Å². The number of carbonyl (C=O) groups is 1. The summed E-state index contributed by atoms with van der Waals surface area (Å²) in [6, 6.07) is 15.5. The third-order valence-corrected chi connectivity index (χ3v) is 3.38. The molecule has 0 atom stereocenters. The number of nitrogens with two attached hydrogens (primary N) is 1. The third-order valence-electron chi connectivity index (χ3n) is 3.13. The first kappa shape index (κ1) is 17.6.